The molecule has 3 aromatic rings. The largest absolute Gasteiger partial charge is 0.497 e. The molecule has 0 saturated carbocycles. The lowest BCUT2D eigenvalue weighted by Crippen LogP contribution is -2.12. The molecule has 1 aromatic heterocycles. The minimum absolute atomic E-state index is 0.496. The van der Waals surface area contributed by atoms with E-state index in [0.29, 0.717) is 24.9 Å². The van der Waals surface area contributed by atoms with Gasteiger partial charge in [0, 0.05) is 17.1 Å². The van der Waals surface area contributed by atoms with Gasteiger partial charge in [0.25, 0.3) is 0 Å². The summed E-state index contributed by atoms with van der Waals surface area (Å²) < 4.78 is 10.8. The number of nitrogens with one attached hydrogen (secondary N) is 1. The van der Waals surface area contributed by atoms with E-state index in [1.165, 1.54) is 0 Å². The van der Waals surface area contributed by atoms with Crippen LogP contribution >= 0.6 is 11.6 Å². The Balaban J connectivity index is 1.57. The van der Waals surface area contributed by atoms with Crippen LogP contribution in [0.4, 0.5) is 0 Å². The summed E-state index contributed by atoms with van der Waals surface area (Å²) in [6.45, 7) is 1.21. The minimum atomic E-state index is 0.496. The summed E-state index contributed by atoms with van der Waals surface area (Å²) in [6.07, 6.45) is 0. The maximum absolute atomic E-state index is 5.86. The number of methoxy groups -OCH3 is 1. The summed E-state index contributed by atoms with van der Waals surface area (Å²) in [6, 6.07) is 15.2. The Morgan fingerprint density at radius 1 is 1.00 bits per heavy atom. The van der Waals surface area contributed by atoms with Crippen LogP contribution in [0.15, 0.2) is 52.9 Å². The van der Waals surface area contributed by atoms with Gasteiger partial charge in [0.05, 0.1) is 13.7 Å². The molecule has 0 atom stereocenters. The Morgan fingerprint density at radius 2 is 1.74 bits per heavy atom. The van der Waals surface area contributed by atoms with Gasteiger partial charge >= 0.3 is 0 Å². The molecular weight excluding hydrogens is 314 g/mol. The van der Waals surface area contributed by atoms with Gasteiger partial charge in [0.1, 0.15) is 5.75 Å². The second-order valence-corrected chi connectivity index (χ2v) is 5.40. The van der Waals surface area contributed by atoms with Gasteiger partial charge in [0.2, 0.25) is 11.8 Å². The van der Waals surface area contributed by atoms with Gasteiger partial charge in [0.15, 0.2) is 0 Å². The Bertz CT molecular complexity index is 754. The van der Waals surface area contributed by atoms with Gasteiger partial charge in [-0.05, 0) is 42.0 Å². The summed E-state index contributed by atoms with van der Waals surface area (Å²) in [7, 11) is 1.63. The molecule has 1 heterocycles. The highest BCUT2D eigenvalue weighted by Crippen LogP contribution is 2.21. The maximum atomic E-state index is 5.86. The number of halogens is 1. The van der Waals surface area contributed by atoms with Crippen molar-refractivity contribution in [2.24, 2.45) is 0 Å². The Morgan fingerprint density at radius 3 is 2.43 bits per heavy atom. The van der Waals surface area contributed by atoms with Gasteiger partial charge in [-0.1, -0.05) is 23.7 Å². The molecule has 0 bridgehead atoms. The van der Waals surface area contributed by atoms with Crippen molar-refractivity contribution in [1.82, 2.24) is 15.5 Å². The number of benzene rings is 2. The molecule has 2 aromatic carbocycles. The molecular formula is C17H16ClN3O2. The monoisotopic (exact) mass is 329 g/mol. The molecule has 5 nitrogen and oxygen atoms in total. The zero-order valence-corrected chi connectivity index (χ0v) is 13.4. The van der Waals surface area contributed by atoms with Crippen molar-refractivity contribution in [3.05, 3.63) is 65.0 Å². The standard InChI is InChI=1S/C17H16ClN3O2/c1-22-15-8-4-13(5-9-15)17-21-20-16(23-17)11-19-10-12-2-6-14(18)7-3-12/h2-9,19H,10-11H2,1H3. The number of ether oxygens (including phenoxy) is 1. The van der Waals surface area contributed by atoms with Crippen molar-refractivity contribution in [2.75, 3.05) is 7.11 Å². The van der Waals surface area contributed by atoms with Crippen molar-refractivity contribution < 1.29 is 9.15 Å². The number of aromatic nitrogens is 2. The molecule has 0 aliphatic rings. The molecule has 0 aliphatic heterocycles. The smallest absolute Gasteiger partial charge is 0.247 e. The molecule has 0 radical (unpaired) electrons. The summed E-state index contributed by atoms with van der Waals surface area (Å²) in [5.41, 5.74) is 2.01. The molecule has 6 heteroatoms. The number of hydrogen-bond acceptors (Lipinski definition) is 5. The average Bonchev–Trinajstić information content (AvgIpc) is 3.06. The summed E-state index contributed by atoms with van der Waals surface area (Å²) in [5, 5.41) is 12.1. The zero-order chi connectivity index (χ0) is 16.1. The van der Waals surface area contributed by atoms with E-state index in [4.69, 9.17) is 20.8 Å². The van der Waals surface area contributed by atoms with Crippen molar-refractivity contribution in [3.63, 3.8) is 0 Å². The lowest BCUT2D eigenvalue weighted by atomic mass is 10.2. The van der Waals surface area contributed by atoms with E-state index in [2.05, 4.69) is 15.5 Å². The van der Waals surface area contributed by atoms with E-state index in [1.54, 1.807) is 7.11 Å². The lowest BCUT2D eigenvalue weighted by Gasteiger charge is -2.02. The number of rotatable bonds is 6. The van der Waals surface area contributed by atoms with Crippen molar-refractivity contribution in [1.29, 1.82) is 0 Å². The second-order valence-electron chi connectivity index (χ2n) is 4.96. The van der Waals surface area contributed by atoms with Crippen LogP contribution in [0.2, 0.25) is 5.02 Å². The van der Waals surface area contributed by atoms with Crippen molar-refractivity contribution >= 4 is 11.6 Å². The minimum Gasteiger partial charge on any atom is -0.497 e. The molecule has 0 aliphatic carbocycles. The topological polar surface area (TPSA) is 60.2 Å². The van der Waals surface area contributed by atoms with Crippen molar-refractivity contribution in [3.8, 4) is 17.2 Å². The van der Waals surface area contributed by atoms with Crippen LogP contribution in [0.25, 0.3) is 11.5 Å². The maximum Gasteiger partial charge on any atom is 0.247 e. The fraction of sp³-hybridized carbons (Fsp3) is 0.176. The van der Waals surface area contributed by atoms with E-state index in [1.807, 2.05) is 48.5 Å². The highest BCUT2D eigenvalue weighted by molar-refractivity contribution is 6.30. The van der Waals surface area contributed by atoms with E-state index in [-0.39, 0.29) is 0 Å². The summed E-state index contributed by atoms with van der Waals surface area (Å²) in [4.78, 5) is 0. The highest BCUT2D eigenvalue weighted by Gasteiger charge is 2.08. The predicted octanol–water partition coefficient (Wildman–Crippen LogP) is 3.69. The fourth-order valence-electron chi connectivity index (χ4n) is 2.09. The highest BCUT2D eigenvalue weighted by atomic mass is 35.5. The molecule has 3 rings (SSSR count). The molecule has 0 spiro atoms. The number of nitrogens with zero attached hydrogens (tertiary/aromatic N) is 2. The van der Waals surface area contributed by atoms with E-state index in [9.17, 15) is 0 Å². The number of hydrogen-bond donors (Lipinski definition) is 1. The molecule has 0 amide bonds. The Hall–Kier alpha value is -2.37. The van der Waals surface area contributed by atoms with Crippen LogP contribution in [0.5, 0.6) is 5.75 Å². The lowest BCUT2D eigenvalue weighted by molar-refractivity contribution is 0.415. The third-order valence-electron chi connectivity index (χ3n) is 3.32. The predicted molar refractivity (Wildman–Crippen MR) is 88.3 cm³/mol. The summed E-state index contributed by atoms with van der Waals surface area (Å²) in [5.74, 6) is 1.83. The molecule has 1 N–H and O–H groups in total. The second kappa shape index (κ2) is 7.26. The first-order chi connectivity index (χ1) is 11.2. The normalized spacial score (nSPS) is 10.7. The van der Waals surface area contributed by atoms with Crippen LogP contribution in [-0.4, -0.2) is 17.3 Å². The summed E-state index contributed by atoms with van der Waals surface area (Å²) >= 11 is 5.86. The van der Waals surface area contributed by atoms with Crippen molar-refractivity contribution in [2.45, 2.75) is 13.1 Å². The SMILES string of the molecule is COc1ccc(-c2nnc(CNCc3ccc(Cl)cc3)o2)cc1. The third-order valence-corrected chi connectivity index (χ3v) is 3.57. The van der Waals surface area contributed by atoms with Crippen LogP contribution < -0.4 is 10.1 Å². The first kappa shape index (κ1) is 15.5. The van der Waals surface area contributed by atoms with Gasteiger partial charge in [-0.3, -0.25) is 0 Å². The molecule has 23 heavy (non-hydrogen) atoms. The van der Waals surface area contributed by atoms with Crippen LogP contribution in [-0.2, 0) is 13.1 Å². The Kier molecular flexibility index (Phi) is 4.90. The zero-order valence-electron chi connectivity index (χ0n) is 12.6. The molecule has 0 saturated heterocycles. The first-order valence-electron chi connectivity index (χ1n) is 7.16. The Labute approximate surface area is 139 Å². The van der Waals surface area contributed by atoms with Crippen LogP contribution in [0, 0.1) is 0 Å². The third kappa shape index (κ3) is 4.09. The van der Waals surface area contributed by atoms with Crippen LogP contribution in [0.3, 0.4) is 0 Å². The van der Waals surface area contributed by atoms with E-state index in [0.717, 1.165) is 21.9 Å². The van der Waals surface area contributed by atoms with Crippen LogP contribution in [0.1, 0.15) is 11.5 Å². The molecule has 0 fully saturated rings. The van der Waals surface area contributed by atoms with Gasteiger partial charge in [-0.2, -0.15) is 0 Å². The molecule has 118 valence electrons. The first-order valence-corrected chi connectivity index (χ1v) is 7.54. The van der Waals surface area contributed by atoms with E-state index < -0.39 is 0 Å². The molecule has 0 unspecified atom stereocenters. The quantitative estimate of drug-likeness (QED) is 0.747. The fourth-order valence-corrected chi connectivity index (χ4v) is 2.22. The average molecular weight is 330 g/mol. The van der Waals surface area contributed by atoms with Gasteiger partial charge < -0.3 is 14.5 Å². The van der Waals surface area contributed by atoms with E-state index >= 15 is 0 Å². The van der Waals surface area contributed by atoms with Gasteiger partial charge in [-0.15, -0.1) is 10.2 Å². The van der Waals surface area contributed by atoms with Gasteiger partial charge in [-0.25, -0.2) is 0 Å².